The molecule has 0 aliphatic heterocycles. The Morgan fingerprint density at radius 3 is 2.24 bits per heavy atom. The van der Waals surface area contributed by atoms with E-state index in [2.05, 4.69) is 48.6 Å². The molecule has 0 bridgehead atoms. The van der Waals surface area contributed by atoms with Gasteiger partial charge in [-0.25, -0.2) is 0 Å². The molecule has 25 heavy (non-hydrogen) atoms. The molecule has 0 aliphatic rings. The summed E-state index contributed by atoms with van der Waals surface area (Å²) in [6.07, 6.45) is 0. The van der Waals surface area contributed by atoms with Crippen LogP contribution in [0.15, 0.2) is 78.9 Å². The highest BCUT2D eigenvalue weighted by molar-refractivity contribution is 5.46. The summed E-state index contributed by atoms with van der Waals surface area (Å²) in [5, 5.41) is 3.44. The van der Waals surface area contributed by atoms with Gasteiger partial charge in [0, 0.05) is 12.2 Å². The monoisotopic (exact) mass is 333 g/mol. The van der Waals surface area contributed by atoms with Gasteiger partial charge in [0.05, 0.1) is 0 Å². The zero-order valence-corrected chi connectivity index (χ0v) is 14.4. The highest BCUT2D eigenvalue weighted by Gasteiger charge is 1.99. The minimum Gasteiger partial charge on any atom is -0.490 e. The Morgan fingerprint density at radius 1 is 0.720 bits per heavy atom. The Labute approximate surface area is 149 Å². The molecule has 3 rings (SSSR count). The van der Waals surface area contributed by atoms with Crippen LogP contribution in [0, 0.1) is 6.92 Å². The minimum atomic E-state index is 0.518. The number of ether oxygens (including phenoxy) is 2. The van der Waals surface area contributed by atoms with E-state index >= 15 is 0 Å². The average Bonchev–Trinajstić information content (AvgIpc) is 2.65. The van der Waals surface area contributed by atoms with Gasteiger partial charge in [0.2, 0.25) is 0 Å². The van der Waals surface area contributed by atoms with Crippen LogP contribution in [0.4, 0.5) is 5.69 Å². The van der Waals surface area contributed by atoms with Crippen LogP contribution >= 0.6 is 0 Å². The molecule has 0 saturated carbocycles. The van der Waals surface area contributed by atoms with Crippen molar-refractivity contribution in [2.75, 3.05) is 18.5 Å². The van der Waals surface area contributed by atoms with Crippen LogP contribution in [0.5, 0.6) is 11.5 Å². The molecule has 0 heterocycles. The molecule has 0 aliphatic carbocycles. The van der Waals surface area contributed by atoms with Crippen LogP contribution < -0.4 is 14.8 Å². The Hall–Kier alpha value is -2.94. The molecule has 0 saturated heterocycles. The number of hydrogen-bond acceptors (Lipinski definition) is 3. The molecule has 3 nitrogen and oxygen atoms in total. The first kappa shape index (κ1) is 16.9. The molecule has 0 atom stereocenters. The number of hydrogen-bond donors (Lipinski definition) is 1. The molecule has 0 radical (unpaired) electrons. The lowest BCUT2D eigenvalue weighted by molar-refractivity contribution is 0.217. The molecule has 1 N–H and O–H groups in total. The van der Waals surface area contributed by atoms with Crippen molar-refractivity contribution in [3.63, 3.8) is 0 Å². The quantitative estimate of drug-likeness (QED) is 0.584. The Kier molecular flexibility index (Phi) is 5.94. The van der Waals surface area contributed by atoms with E-state index in [1.54, 1.807) is 0 Å². The first-order valence-electron chi connectivity index (χ1n) is 8.50. The van der Waals surface area contributed by atoms with Crippen LogP contribution in [0.3, 0.4) is 0 Å². The summed E-state index contributed by atoms with van der Waals surface area (Å²) in [4.78, 5) is 0. The topological polar surface area (TPSA) is 30.5 Å². The number of rotatable bonds is 8. The van der Waals surface area contributed by atoms with E-state index in [4.69, 9.17) is 9.47 Å². The molecule has 0 amide bonds. The molecule has 0 unspecified atom stereocenters. The van der Waals surface area contributed by atoms with Crippen LogP contribution in [0.2, 0.25) is 0 Å². The lowest BCUT2D eigenvalue weighted by atomic mass is 10.2. The van der Waals surface area contributed by atoms with E-state index in [9.17, 15) is 0 Å². The van der Waals surface area contributed by atoms with Crippen molar-refractivity contribution in [1.29, 1.82) is 0 Å². The lowest BCUT2D eigenvalue weighted by Crippen LogP contribution is -2.09. The van der Waals surface area contributed by atoms with Gasteiger partial charge >= 0.3 is 0 Å². The molecule has 0 spiro atoms. The maximum Gasteiger partial charge on any atom is 0.122 e. The zero-order valence-electron chi connectivity index (χ0n) is 14.4. The summed E-state index contributed by atoms with van der Waals surface area (Å²) in [5.41, 5.74) is 3.56. The SMILES string of the molecule is Cc1cccc(NCc2cccc(OCCOc3ccccc3)c2)c1. The number of anilines is 1. The van der Waals surface area contributed by atoms with E-state index in [0.29, 0.717) is 13.2 Å². The number of aryl methyl sites for hydroxylation is 1. The van der Waals surface area contributed by atoms with Gasteiger partial charge in [0.15, 0.2) is 0 Å². The van der Waals surface area contributed by atoms with Crippen molar-refractivity contribution in [2.24, 2.45) is 0 Å². The molecular formula is C22H23NO2. The summed E-state index contributed by atoms with van der Waals surface area (Å²) in [6.45, 7) is 3.90. The zero-order chi connectivity index (χ0) is 17.3. The third-order valence-electron chi connectivity index (χ3n) is 3.78. The standard InChI is InChI=1S/C22H23NO2/c1-18-7-5-9-20(15-18)23-17-19-8-6-12-22(16-19)25-14-13-24-21-10-3-2-4-11-21/h2-12,15-16,23H,13-14,17H2,1H3. The van der Waals surface area contributed by atoms with Gasteiger partial charge < -0.3 is 14.8 Å². The van der Waals surface area contributed by atoms with Gasteiger partial charge in [-0.05, 0) is 54.4 Å². The molecule has 3 aromatic carbocycles. The van der Waals surface area contributed by atoms with Crippen LogP contribution in [0.1, 0.15) is 11.1 Å². The Bertz CT molecular complexity index is 787. The maximum atomic E-state index is 5.79. The second-order valence-corrected chi connectivity index (χ2v) is 5.88. The fraction of sp³-hybridized carbons (Fsp3) is 0.182. The molecule has 128 valence electrons. The number of para-hydroxylation sites is 1. The Morgan fingerprint density at radius 2 is 1.44 bits per heavy atom. The molecule has 3 aromatic rings. The molecule has 3 heteroatoms. The molecule has 0 fully saturated rings. The summed E-state index contributed by atoms with van der Waals surface area (Å²) < 4.78 is 11.4. The van der Waals surface area contributed by atoms with E-state index < -0.39 is 0 Å². The highest BCUT2D eigenvalue weighted by Crippen LogP contribution is 2.16. The van der Waals surface area contributed by atoms with Gasteiger partial charge in [0.25, 0.3) is 0 Å². The van der Waals surface area contributed by atoms with Gasteiger partial charge in [-0.1, -0.05) is 42.5 Å². The average molecular weight is 333 g/mol. The Balaban J connectivity index is 1.46. The highest BCUT2D eigenvalue weighted by atomic mass is 16.5. The van der Waals surface area contributed by atoms with Gasteiger partial charge in [-0.2, -0.15) is 0 Å². The third-order valence-corrected chi connectivity index (χ3v) is 3.78. The van der Waals surface area contributed by atoms with Crippen molar-refractivity contribution < 1.29 is 9.47 Å². The summed E-state index contributed by atoms with van der Waals surface area (Å²) >= 11 is 0. The van der Waals surface area contributed by atoms with Crippen molar-refractivity contribution in [1.82, 2.24) is 0 Å². The van der Waals surface area contributed by atoms with E-state index in [1.807, 2.05) is 42.5 Å². The third kappa shape index (κ3) is 5.57. The normalized spacial score (nSPS) is 10.3. The first-order chi connectivity index (χ1) is 12.3. The summed E-state index contributed by atoms with van der Waals surface area (Å²) in [6, 6.07) is 26.3. The summed E-state index contributed by atoms with van der Waals surface area (Å²) in [5.74, 6) is 1.72. The first-order valence-corrected chi connectivity index (χ1v) is 8.50. The van der Waals surface area contributed by atoms with Gasteiger partial charge in [-0.3, -0.25) is 0 Å². The molecule has 0 aromatic heterocycles. The van der Waals surface area contributed by atoms with E-state index in [0.717, 1.165) is 23.7 Å². The van der Waals surface area contributed by atoms with Gasteiger partial charge in [0.1, 0.15) is 24.7 Å². The second-order valence-electron chi connectivity index (χ2n) is 5.88. The summed E-state index contributed by atoms with van der Waals surface area (Å²) in [7, 11) is 0. The van der Waals surface area contributed by atoms with Crippen molar-refractivity contribution >= 4 is 5.69 Å². The predicted molar refractivity (Wildman–Crippen MR) is 102 cm³/mol. The fourth-order valence-corrected chi connectivity index (χ4v) is 2.54. The van der Waals surface area contributed by atoms with E-state index in [1.165, 1.54) is 11.1 Å². The predicted octanol–water partition coefficient (Wildman–Crippen LogP) is 5.06. The largest absolute Gasteiger partial charge is 0.490 e. The van der Waals surface area contributed by atoms with Crippen LogP contribution in [-0.2, 0) is 6.54 Å². The maximum absolute atomic E-state index is 5.79. The molecular weight excluding hydrogens is 310 g/mol. The van der Waals surface area contributed by atoms with Gasteiger partial charge in [-0.15, -0.1) is 0 Å². The van der Waals surface area contributed by atoms with Crippen LogP contribution in [-0.4, -0.2) is 13.2 Å². The van der Waals surface area contributed by atoms with Crippen molar-refractivity contribution in [3.05, 3.63) is 90.0 Å². The number of benzene rings is 3. The van der Waals surface area contributed by atoms with E-state index in [-0.39, 0.29) is 0 Å². The fourth-order valence-electron chi connectivity index (χ4n) is 2.54. The lowest BCUT2D eigenvalue weighted by Gasteiger charge is -2.11. The van der Waals surface area contributed by atoms with Crippen LogP contribution in [0.25, 0.3) is 0 Å². The number of nitrogens with one attached hydrogen (secondary N) is 1. The van der Waals surface area contributed by atoms with Crippen molar-refractivity contribution in [3.8, 4) is 11.5 Å². The van der Waals surface area contributed by atoms with Crippen molar-refractivity contribution in [2.45, 2.75) is 13.5 Å². The smallest absolute Gasteiger partial charge is 0.122 e. The second kappa shape index (κ2) is 8.78. The minimum absolute atomic E-state index is 0.518.